The standard InChI is InChI=1S/C9H11N5O.C8H8O2.C2H6/c1-2-3-5-4-11-7-6(12-5)8(15)14-9(10)13-7;1-6-2-4-7(5-3-6)8(9)10;1-2/h4H,2-3H2,1H3,(H3,10,11,13,14,15);2-5H,1H3,(H,9,10);1-2H3. The average molecular weight is 371 g/mol. The molecule has 0 saturated heterocycles. The Morgan fingerprint density at radius 2 is 1.81 bits per heavy atom. The van der Waals surface area contributed by atoms with Gasteiger partial charge in [0.05, 0.1) is 17.5 Å². The highest BCUT2D eigenvalue weighted by molar-refractivity contribution is 5.87. The van der Waals surface area contributed by atoms with E-state index in [0.29, 0.717) is 5.56 Å². The molecular weight excluding hydrogens is 346 g/mol. The lowest BCUT2D eigenvalue weighted by Crippen LogP contribution is -2.14. The van der Waals surface area contributed by atoms with Gasteiger partial charge in [0.25, 0.3) is 5.56 Å². The van der Waals surface area contributed by atoms with Gasteiger partial charge < -0.3 is 10.8 Å². The van der Waals surface area contributed by atoms with Crippen LogP contribution in [-0.4, -0.2) is 31.0 Å². The Balaban J connectivity index is 0.000000265. The van der Waals surface area contributed by atoms with Crippen molar-refractivity contribution in [3.8, 4) is 0 Å². The van der Waals surface area contributed by atoms with Gasteiger partial charge in [-0.3, -0.25) is 9.78 Å². The average Bonchev–Trinajstić information content (AvgIpc) is 2.65. The molecule has 0 radical (unpaired) electrons. The van der Waals surface area contributed by atoms with Gasteiger partial charge in [0.2, 0.25) is 5.95 Å². The monoisotopic (exact) mass is 371 g/mol. The number of aromatic nitrogens is 4. The fraction of sp³-hybridized carbons (Fsp3) is 0.316. The zero-order valence-electron chi connectivity index (χ0n) is 16.0. The molecule has 0 aliphatic carbocycles. The summed E-state index contributed by atoms with van der Waals surface area (Å²) in [4.78, 5) is 36.3. The molecule has 0 atom stereocenters. The van der Waals surface area contributed by atoms with E-state index in [9.17, 15) is 9.59 Å². The summed E-state index contributed by atoms with van der Waals surface area (Å²) < 4.78 is 0. The molecule has 2 heterocycles. The highest BCUT2D eigenvalue weighted by Crippen LogP contribution is 2.04. The van der Waals surface area contributed by atoms with E-state index in [1.54, 1.807) is 30.5 Å². The van der Waals surface area contributed by atoms with Crippen molar-refractivity contribution in [2.75, 3.05) is 5.73 Å². The highest BCUT2D eigenvalue weighted by atomic mass is 16.4. The first-order valence-electron chi connectivity index (χ1n) is 8.72. The molecule has 3 rings (SSSR count). The van der Waals surface area contributed by atoms with Gasteiger partial charge in [-0.15, -0.1) is 0 Å². The van der Waals surface area contributed by atoms with Crippen LogP contribution in [0, 0.1) is 6.92 Å². The Hall–Kier alpha value is -3.29. The van der Waals surface area contributed by atoms with Crippen LogP contribution >= 0.6 is 0 Å². The van der Waals surface area contributed by atoms with Crippen molar-refractivity contribution in [1.82, 2.24) is 19.9 Å². The number of nitrogens with two attached hydrogens (primary N) is 1. The number of nitrogens with zero attached hydrogens (tertiary/aromatic N) is 3. The van der Waals surface area contributed by atoms with E-state index in [2.05, 4.69) is 19.9 Å². The zero-order chi connectivity index (χ0) is 20.4. The number of benzene rings is 1. The topological polar surface area (TPSA) is 135 Å². The Morgan fingerprint density at radius 3 is 2.37 bits per heavy atom. The number of fused-ring (bicyclic) bond motifs is 1. The summed E-state index contributed by atoms with van der Waals surface area (Å²) in [5.41, 5.74) is 7.78. The summed E-state index contributed by atoms with van der Waals surface area (Å²) >= 11 is 0. The summed E-state index contributed by atoms with van der Waals surface area (Å²) in [6.07, 6.45) is 3.38. The molecule has 0 bridgehead atoms. The summed E-state index contributed by atoms with van der Waals surface area (Å²) in [7, 11) is 0. The van der Waals surface area contributed by atoms with Gasteiger partial charge in [-0.25, -0.2) is 14.8 Å². The third-order valence-corrected chi connectivity index (χ3v) is 3.29. The fourth-order valence-electron chi connectivity index (χ4n) is 2.04. The second-order valence-corrected chi connectivity index (χ2v) is 5.41. The molecular formula is C19H25N5O3. The normalized spacial score (nSPS) is 9.63. The second-order valence-electron chi connectivity index (χ2n) is 5.41. The molecule has 0 aliphatic rings. The van der Waals surface area contributed by atoms with Crippen molar-refractivity contribution in [3.63, 3.8) is 0 Å². The third-order valence-electron chi connectivity index (χ3n) is 3.29. The van der Waals surface area contributed by atoms with Gasteiger partial charge in [0, 0.05) is 0 Å². The molecule has 0 spiro atoms. The second kappa shape index (κ2) is 10.6. The van der Waals surface area contributed by atoms with Crippen LogP contribution in [0.3, 0.4) is 0 Å². The first-order chi connectivity index (χ1) is 12.9. The van der Waals surface area contributed by atoms with Crippen LogP contribution in [-0.2, 0) is 6.42 Å². The Labute approximate surface area is 157 Å². The first-order valence-corrected chi connectivity index (χ1v) is 8.72. The van der Waals surface area contributed by atoms with E-state index in [1.807, 2.05) is 27.7 Å². The molecule has 27 heavy (non-hydrogen) atoms. The molecule has 4 N–H and O–H groups in total. The SMILES string of the molecule is CC.CCCc1cnc2nc(N)[nH]c(=O)c2n1.Cc1ccc(C(=O)O)cc1. The number of nitrogens with one attached hydrogen (secondary N) is 1. The lowest BCUT2D eigenvalue weighted by Gasteiger charge is -1.99. The van der Waals surface area contributed by atoms with E-state index in [4.69, 9.17) is 10.8 Å². The molecule has 144 valence electrons. The maximum absolute atomic E-state index is 11.5. The van der Waals surface area contributed by atoms with E-state index in [1.165, 1.54) is 0 Å². The van der Waals surface area contributed by atoms with Gasteiger partial charge in [0.1, 0.15) is 0 Å². The van der Waals surface area contributed by atoms with Gasteiger partial charge in [-0.1, -0.05) is 44.9 Å². The number of carboxylic acids is 1. The minimum Gasteiger partial charge on any atom is -0.478 e. The molecule has 0 fully saturated rings. The summed E-state index contributed by atoms with van der Waals surface area (Å²) in [6, 6.07) is 6.75. The predicted molar refractivity (Wildman–Crippen MR) is 106 cm³/mol. The van der Waals surface area contributed by atoms with Crippen molar-refractivity contribution in [1.29, 1.82) is 0 Å². The molecule has 1 aromatic carbocycles. The number of nitrogen functional groups attached to an aromatic ring is 1. The van der Waals surface area contributed by atoms with Crippen LogP contribution in [0.2, 0.25) is 0 Å². The minimum absolute atomic E-state index is 0.0602. The number of aromatic amines is 1. The number of carbonyl (C=O) groups is 1. The van der Waals surface area contributed by atoms with Gasteiger partial charge in [-0.05, 0) is 25.5 Å². The zero-order valence-corrected chi connectivity index (χ0v) is 16.0. The smallest absolute Gasteiger partial charge is 0.335 e. The van der Waals surface area contributed by atoms with E-state index in [-0.39, 0.29) is 22.7 Å². The van der Waals surface area contributed by atoms with Crippen LogP contribution < -0.4 is 11.3 Å². The van der Waals surface area contributed by atoms with E-state index < -0.39 is 5.97 Å². The van der Waals surface area contributed by atoms with Crippen LogP contribution in [0.1, 0.15) is 48.8 Å². The maximum atomic E-state index is 11.5. The van der Waals surface area contributed by atoms with Crippen LogP contribution in [0.5, 0.6) is 0 Å². The Morgan fingerprint density at radius 1 is 1.19 bits per heavy atom. The molecule has 0 amide bonds. The predicted octanol–water partition coefficient (Wildman–Crippen LogP) is 2.97. The number of hydrogen-bond acceptors (Lipinski definition) is 6. The van der Waals surface area contributed by atoms with E-state index >= 15 is 0 Å². The van der Waals surface area contributed by atoms with Crippen LogP contribution in [0.25, 0.3) is 11.2 Å². The van der Waals surface area contributed by atoms with Crippen LogP contribution in [0.4, 0.5) is 5.95 Å². The number of rotatable bonds is 3. The fourth-order valence-corrected chi connectivity index (χ4v) is 2.04. The van der Waals surface area contributed by atoms with E-state index in [0.717, 1.165) is 24.1 Å². The number of carboxylic acid groups (broad SMARTS) is 1. The number of aryl methyl sites for hydroxylation is 2. The quantitative estimate of drug-likeness (QED) is 0.644. The van der Waals surface area contributed by atoms with Crippen molar-refractivity contribution < 1.29 is 9.90 Å². The number of aromatic carboxylic acids is 1. The van der Waals surface area contributed by atoms with Gasteiger partial charge in [0.15, 0.2) is 11.2 Å². The third kappa shape index (κ3) is 6.50. The molecule has 8 heteroatoms. The molecule has 3 aromatic rings. The number of H-pyrrole nitrogens is 1. The van der Waals surface area contributed by atoms with Crippen LogP contribution in [0.15, 0.2) is 35.3 Å². The highest BCUT2D eigenvalue weighted by Gasteiger charge is 2.05. The van der Waals surface area contributed by atoms with Crippen molar-refractivity contribution >= 4 is 23.1 Å². The number of anilines is 1. The molecule has 0 unspecified atom stereocenters. The summed E-state index contributed by atoms with van der Waals surface area (Å²) in [6.45, 7) is 7.96. The number of hydrogen-bond donors (Lipinski definition) is 3. The van der Waals surface area contributed by atoms with Crippen molar-refractivity contribution in [2.24, 2.45) is 0 Å². The lowest BCUT2D eigenvalue weighted by atomic mass is 10.2. The molecule has 8 nitrogen and oxygen atoms in total. The molecule has 0 saturated carbocycles. The molecule has 2 aromatic heterocycles. The van der Waals surface area contributed by atoms with Gasteiger partial charge in [-0.2, -0.15) is 4.98 Å². The largest absolute Gasteiger partial charge is 0.478 e. The van der Waals surface area contributed by atoms with Crippen molar-refractivity contribution in [3.05, 3.63) is 57.6 Å². The maximum Gasteiger partial charge on any atom is 0.335 e. The molecule has 0 aliphatic heterocycles. The van der Waals surface area contributed by atoms with Gasteiger partial charge >= 0.3 is 5.97 Å². The Bertz CT molecular complexity index is 936. The Kier molecular flexibility index (Phi) is 8.58. The lowest BCUT2D eigenvalue weighted by molar-refractivity contribution is 0.0697. The summed E-state index contributed by atoms with van der Waals surface area (Å²) in [5, 5.41) is 8.48. The first kappa shape index (κ1) is 21.8. The minimum atomic E-state index is -0.875. The van der Waals surface area contributed by atoms with Crippen molar-refractivity contribution in [2.45, 2.75) is 40.5 Å². The summed E-state index contributed by atoms with van der Waals surface area (Å²) in [5.74, 6) is -0.815.